The summed E-state index contributed by atoms with van der Waals surface area (Å²) in [5.74, 6) is -0.677. The molecule has 2 fully saturated rings. The number of aliphatic hydroxyl groups is 1. The summed E-state index contributed by atoms with van der Waals surface area (Å²) < 4.78 is 11.9. The minimum atomic E-state index is -0.751. The molecule has 2 N–H and O–H groups in total. The molecule has 3 aliphatic rings. The van der Waals surface area contributed by atoms with Gasteiger partial charge in [-0.1, -0.05) is 35.9 Å². The summed E-state index contributed by atoms with van der Waals surface area (Å²) in [5.41, 5.74) is 3.28. The van der Waals surface area contributed by atoms with E-state index in [-0.39, 0.29) is 17.8 Å². The highest BCUT2D eigenvalue weighted by atomic mass is 35.5. The normalized spacial score (nSPS) is 30.4. The lowest BCUT2D eigenvalue weighted by atomic mass is 9.77. The Hall–Kier alpha value is -2.34. The van der Waals surface area contributed by atoms with Crippen LogP contribution in [-0.2, 0) is 14.3 Å². The molecule has 0 radical (unpaired) electrons. The van der Waals surface area contributed by atoms with Gasteiger partial charge in [0.15, 0.2) is 5.79 Å². The van der Waals surface area contributed by atoms with Crippen molar-refractivity contribution in [3.05, 3.63) is 64.4 Å². The molecule has 5 rings (SSSR count). The van der Waals surface area contributed by atoms with Crippen LogP contribution in [0.5, 0.6) is 0 Å². The van der Waals surface area contributed by atoms with Gasteiger partial charge in [-0.15, -0.1) is 0 Å². The van der Waals surface area contributed by atoms with Gasteiger partial charge in [-0.25, -0.2) is 0 Å². The molecule has 2 heterocycles. The second-order valence-electron chi connectivity index (χ2n) is 8.95. The van der Waals surface area contributed by atoms with Crippen LogP contribution in [0.2, 0.25) is 5.02 Å². The van der Waals surface area contributed by atoms with Crippen LogP contribution in [0.25, 0.3) is 16.7 Å². The number of nitrogens with one attached hydrogen (secondary N) is 1. The van der Waals surface area contributed by atoms with E-state index in [0.29, 0.717) is 42.9 Å². The van der Waals surface area contributed by atoms with Crippen LogP contribution >= 0.6 is 11.6 Å². The Morgan fingerprint density at radius 3 is 2.39 bits per heavy atom. The van der Waals surface area contributed by atoms with E-state index in [1.165, 1.54) is 0 Å². The number of rotatable bonds is 2. The Morgan fingerprint density at radius 2 is 1.74 bits per heavy atom. The summed E-state index contributed by atoms with van der Waals surface area (Å²) >= 11 is 6.02. The number of aliphatic hydroxyl groups excluding tert-OH is 1. The van der Waals surface area contributed by atoms with E-state index in [0.717, 1.165) is 22.3 Å². The number of amides is 1. The molecule has 6 heteroatoms. The number of benzene rings is 2. The first kappa shape index (κ1) is 20.6. The lowest BCUT2D eigenvalue weighted by molar-refractivity contribution is -0.193. The molecular formula is C25H26ClNO4. The molecule has 1 saturated heterocycles. The third-order valence-electron chi connectivity index (χ3n) is 6.82. The third kappa shape index (κ3) is 3.45. The topological polar surface area (TPSA) is 67.8 Å². The van der Waals surface area contributed by atoms with Crippen molar-refractivity contribution in [3.8, 4) is 11.1 Å². The Balaban J connectivity index is 1.49. The fraction of sp³-hybridized carbons (Fsp3) is 0.400. The van der Waals surface area contributed by atoms with Crippen LogP contribution in [0.4, 0.5) is 0 Å². The molecule has 2 spiro atoms. The molecule has 0 aromatic heterocycles. The van der Waals surface area contributed by atoms with Crippen LogP contribution in [0.15, 0.2) is 48.2 Å². The van der Waals surface area contributed by atoms with Gasteiger partial charge in [-0.05, 0) is 67.1 Å². The molecule has 5 nitrogen and oxygen atoms in total. The number of aryl methyl sites for hydroxylation is 1. The molecule has 2 aromatic carbocycles. The number of halogens is 1. The highest BCUT2D eigenvalue weighted by Crippen LogP contribution is 2.48. The van der Waals surface area contributed by atoms with Gasteiger partial charge in [0, 0.05) is 17.9 Å². The van der Waals surface area contributed by atoms with Crippen molar-refractivity contribution in [2.45, 2.75) is 57.0 Å². The maximum Gasteiger partial charge on any atom is 0.256 e. The lowest BCUT2D eigenvalue weighted by Gasteiger charge is -2.41. The molecule has 162 valence electrons. The lowest BCUT2D eigenvalue weighted by Crippen LogP contribution is -2.51. The Labute approximate surface area is 187 Å². The van der Waals surface area contributed by atoms with Crippen molar-refractivity contribution >= 4 is 23.1 Å². The van der Waals surface area contributed by atoms with Crippen LogP contribution in [0, 0.1) is 6.92 Å². The Bertz CT molecular complexity index is 1070. The van der Waals surface area contributed by atoms with Crippen LogP contribution in [0.1, 0.15) is 43.7 Å². The zero-order chi connectivity index (χ0) is 21.8. The second kappa shape index (κ2) is 7.37. The predicted octanol–water partition coefficient (Wildman–Crippen LogP) is 5.16. The van der Waals surface area contributed by atoms with Gasteiger partial charge in [0.25, 0.3) is 5.91 Å². The summed E-state index contributed by atoms with van der Waals surface area (Å²) in [5, 5.41) is 15.1. The van der Waals surface area contributed by atoms with Gasteiger partial charge < -0.3 is 19.9 Å². The molecule has 1 atom stereocenters. The largest absolute Gasteiger partial charge is 0.509 e. The van der Waals surface area contributed by atoms with Crippen molar-refractivity contribution < 1.29 is 19.4 Å². The Morgan fingerprint density at radius 1 is 1.06 bits per heavy atom. The standard InChI is InChI=1S/C25H26ClNO4/c1-15-3-4-18(17-5-7-19(26)8-6-17)13-20(15)21-22(28)24(27-23(21)29)9-11-25(12-10-24)30-14-16(2)31-25/h3-8,13,16,28H,9-12,14H2,1-2H3,(H,27,29). The van der Waals surface area contributed by atoms with Gasteiger partial charge in [0.05, 0.1) is 23.8 Å². The van der Waals surface area contributed by atoms with Crippen molar-refractivity contribution in [1.29, 1.82) is 0 Å². The molecule has 0 bridgehead atoms. The smallest absolute Gasteiger partial charge is 0.256 e. The van der Waals surface area contributed by atoms with Crippen molar-refractivity contribution in [2.24, 2.45) is 0 Å². The third-order valence-corrected chi connectivity index (χ3v) is 7.07. The molecule has 1 saturated carbocycles. The fourth-order valence-electron chi connectivity index (χ4n) is 5.03. The number of ether oxygens (including phenoxy) is 2. The zero-order valence-corrected chi connectivity index (χ0v) is 18.5. The quantitative estimate of drug-likeness (QED) is 0.678. The van der Waals surface area contributed by atoms with Crippen LogP contribution in [-0.4, -0.2) is 35.1 Å². The number of hydrogen-bond acceptors (Lipinski definition) is 4. The molecule has 2 aromatic rings. The van der Waals surface area contributed by atoms with Gasteiger partial charge >= 0.3 is 0 Å². The maximum absolute atomic E-state index is 13.1. The first-order valence-corrected chi connectivity index (χ1v) is 11.1. The molecule has 31 heavy (non-hydrogen) atoms. The van der Waals surface area contributed by atoms with E-state index in [9.17, 15) is 9.90 Å². The highest BCUT2D eigenvalue weighted by Gasteiger charge is 2.54. The van der Waals surface area contributed by atoms with E-state index < -0.39 is 11.3 Å². The monoisotopic (exact) mass is 439 g/mol. The average Bonchev–Trinajstić information content (AvgIpc) is 3.23. The van der Waals surface area contributed by atoms with E-state index in [1.54, 1.807) is 0 Å². The number of hydrogen-bond donors (Lipinski definition) is 2. The fourth-order valence-corrected chi connectivity index (χ4v) is 5.16. The molecule has 1 aliphatic carbocycles. The second-order valence-corrected chi connectivity index (χ2v) is 9.38. The van der Waals surface area contributed by atoms with Crippen LogP contribution in [0.3, 0.4) is 0 Å². The number of carbonyl (C=O) groups is 1. The average molecular weight is 440 g/mol. The summed E-state index contributed by atoms with van der Waals surface area (Å²) in [4.78, 5) is 13.1. The zero-order valence-electron chi connectivity index (χ0n) is 17.7. The SMILES string of the molecule is Cc1ccc(-c2ccc(Cl)cc2)cc1C1=C(O)C2(CCC3(CC2)OCC(C)O3)NC1=O. The highest BCUT2D eigenvalue weighted by molar-refractivity contribution is 6.30. The number of carbonyl (C=O) groups excluding carboxylic acids is 1. The van der Waals surface area contributed by atoms with Crippen molar-refractivity contribution in [1.82, 2.24) is 5.32 Å². The molecular weight excluding hydrogens is 414 g/mol. The summed E-state index contributed by atoms with van der Waals surface area (Å²) in [6.45, 7) is 4.54. The molecule has 1 amide bonds. The van der Waals surface area contributed by atoms with Gasteiger partial charge in [-0.2, -0.15) is 0 Å². The van der Waals surface area contributed by atoms with Crippen LogP contribution < -0.4 is 5.32 Å². The molecule has 2 aliphatic heterocycles. The van der Waals surface area contributed by atoms with Gasteiger partial charge in [0.1, 0.15) is 5.76 Å². The minimum Gasteiger partial charge on any atom is -0.509 e. The first-order valence-electron chi connectivity index (χ1n) is 10.8. The summed E-state index contributed by atoms with van der Waals surface area (Å²) in [6.07, 6.45) is 2.51. The van der Waals surface area contributed by atoms with E-state index in [1.807, 2.05) is 56.3 Å². The van der Waals surface area contributed by atoms with E-state index in [4.69, 9.17) is 21.1 Å². The summed E-state index contributed by atoms with van der Waals surface area (Å²) in [6, 6.07) is 13.6. The first-order chi connectivity index (χ1) is 14.8. The molecule has 1 unspecified atom stereocenters. The predicted molar refractivity (Wildman–Crippen MR) is 120 cm³/mol. The summed E-state index contributed by atoms with van der Waals surface area (Å²) in [7, 11) is 0. The van der Waals surface area contributed by atoms with E-state index in [2.05, 4.69) is 5.32 Å². The van der Waals surface area contributed by atoms with Gasteiger partial charge in [-0.3, -0.25) is 4.79 Å². The maximum atomic E-state index is 13.1. The Kier molecular flexibility index (Phi) is 4.88. The van der Waals surface area contributed by atoms with Crippen molar-refractivity contribution in [3.63, 3.8) is 0 Å². The minimum absolute atomic E-state index is 0.0742. The van der Waals surface area contributed by atoms with E-state index >= 15 is 0 Å². The van der Waals surface area contributed by atoms with Gasteiger partial charge in [0.2, 0.25) is 0 Å². The van der Waals surface area contributed by atoms with Crippen molar-refractivity contribution in [2.75, 3.05) is 6.61 Å².